The Morgan fingerprint density at radius 1 is 1.29 bits per heavy atom. The second kappa shape index (κ2) is 5.93. The first kappa shape index (κ1) is 14.8. The third-order valence-electron chi connectivity index (χ3n) is 5.20. The highest BCUT2D eigenvalue weighted by atomic mass is 32.1. The number of piperidine rings is 2. The number of aryl methyl sites for hydroxylation is 1. The highest BCUT2D eigenvalue weighted by molar-refractivity contribution is 7.80. The van der Waals surface area contributed by atoms with Crippen LogP contribution in [0, 0.1) is 6.92 Å². The molecule has 0 aromatic heterocycles. The fourth-order valence-electron chi connectivity index (χ4n) is 4.00. The molecule has 114 valence electrons. The minimum absolute atomic E-state index is 0.480. The van der Waals surface area contributed by atoms with Crippen molar-refractivity contribution in [2.45, 2.75) is 57.2 Å². The molecule has 2 saturated heterocycles. The Kier molecular flexibility index (Phi) is 4.18. The van der Waals surface area contributed by atoms with E-state index in [0.29, 0.717) is 11.0 Å². The molecule has 0 saturated carbocycles. The molecule has 0 amide bonds. The quantitative estimate of drug-likeness (QED) is 0.842. The zero-order valence-electron chi connectivity index (χ0n) is 12.9. The van der Waals surface area contributed by atoms with Crippen LogP contribution in [0.5, 0.6) is 0 Å². The predicted octanol–water partition coefficient (Wildman–Crippen LogP) is 3.06. The molecule has 3 rings (SSSR count). The van der Waals surface area contributed by atoms with Gasteiger partial charge in [0, 0.05) is 29.4 Å². The van der Waals surface area contributed by atoms with Gasteiger partial charge in [-0.15, -0.1) is 0 Å². The Labute approximate surface area is 132 Å². The Balaban J connectivity index is 1.70. The van der Waals surface area contributed by atoms with E-state index in [1.54, 1.807) is 0 Å². The summed E-state index contributed by atoms with van der Waals surface area (Å²) < 4.78 is 0. The molecule has 0 radical (unpaired) electrons. The van der Waals surface area contributed by atoms with Crippen molar-refractivity contribution in [2.75, 3.05) is 12.4 Å². The Morgan fingerprint density at radius 3 is 2.52 bits per heavy atom. The van der Waals surface area contributed by atoms with E-state index in [1.165, 1.54) is 37.8 Å². The molecule has 21 heavy (non-hydrogen) atoms. The normalized spacial score (nSPS) is 29.1. The van der Waals surface area contributed by atoms with E-state index < -0.39 is 0 Å². The first-order chi connectivity index (χ1) is 10.0. The van der Waals surface area contributed by atoms with E-state index in [1.807, 2.05) is 6.07 Å². The van der Waals surface area contributed by atoms with Crippen molar-refractivity contribution < 1.29 is 0 Å². The lowest BCUT2D eigenvalue weighted by atomic mass is 9.82. The maximum atomic E-state index is 5.73. The largest absolute Gasteiger partial charge is 0.389 e. The molecule has 1 aromatic carbocycles. The lowest BCUT2D eigenvalue weighted by molar-refractivity contribution is 0.0608. The number of hydrogen-bond acceptors (Lipinski definition) is 3. The molecule has 2 aliphatic heterocycles. The molecule has 1 aromatic rings. The van der Waals surface area contributed by atoms with Crippen molar-refractivity contribution in [3.8, 4) is 0 Å². The molecule has 0 aliphatic carbocycles. The van der Waals surface area contributed by atoms with Gasteiger partial charge in [0.1, 0.15) is 4.99 Å². The van der Waals surface area contributed by atoms with Gasteiger partial charge in [0.25, 0.3) is 0 Å². The Hall–Kier alpha value is -1.13. The minimum Gasteiger partial charge on any atom is -0.389 e. The molecule has 0 spiro atoms. The van der Waals surface area contributed by atoms with E-state index in [9.17, 15) is 0 Å². The lowest BCUT2D eigenvalue weighted by Gasteiger charge is -2.47. The maximum absolute atomic E-state index is 5.73. The fourth-order valence-corrected chi connectivity index (χ4v) is 4.23. The van der Waals surface area contributed by atoms with Crippen molar-refractivity contribution in [3.63, 3.8) is 0 Å². The van der Waals surface area contributed by atoms with Crippen LogP contribution in [0.2, 0.25) is 0 Å². The number of hydrogen-bond donors (Lipinski definition) is 2. The Bertz CT molecular complexity index is 529. The molecule has 2 aliphatic rings. The molecule has 4 heteroatoms. The molecule has 2 heterocycles. The van der Waals surface area contributed by atoms with Crippen LogP contribution >= 0.6 is 12.2 Å². The molecule has 3 N–H and O–H groups in total. The van der Waals surface area contributed by atoms with Crippen molar-refractivity contribution in [1.29, 1.82) is 0 Å². The second-order valence-corrected chi connectivity index (χ2v) is 7.05. The number of nitrogens with one attached hydrogen (secondary N) is 1. The first-order valence-corrected chi connectivity index (χ1v) is 8.34. The van der Waals surface area contributed by atoms with Gasteiger partial charge in [-0.2, -0.15) is 0 Å². The summed E-state index contributed by atoms with van der Waals surface area (Å²) in [6.45, 7) is 2.07. The third-order valence-corrected chi connectivity index (χ3v) is 5.42. The monoisotopic (exact) mass is 303 g/mol. The number of fused-ring (bicyclic) bond motifs is 2. The van der Waals surface area contributed by atoms with Crippen LogP contribution in [0.4, 0.5) is 5.69 Å². The molecule has 2 bridgehead atoms. The topological polar surface area (TPSA) is 41.3 Å². The lowest BCUT2D eigenvalue weighted by Crippen LogP contribution is -2.52. The van der Waals surface area contributed by atoms with Gasteiger partial charge < -0.3 is 16.0 Å². The van der Waals surface area contributed by atoms with Crippen LogP contribution in [0.25, 0.3) is 0 Å². The van der Waals surface area contributed by atoms with Gasteiger partial charge in [0.2, 0.25) is 0 Å². The van der Waals surface area contributed by atoms with Crippen molar-refractivity contribution in [2.24, 2.45) is 5.73 Å². The zero-order valence-corrected chi connectivity index (χ0v) is 13.7. The van der Waals surface area contributed by atoms with E-state index in [0.717, 1.165) is 23.2 Å². The first-order valence-electron chi connectivity index (χ1n) is 7.93. The van der Waals surface area contributed by atoms with Gasteiger partial charge in [-0.1, -0.05) is 18.6 Å². The van der Waals surface area contributed by atoms with Gasteiger partial charge in [-0.25, -0.2) is 0 Å². The number of rotatable bonds is 3. The fraction of sp³-hybridized carbons (Fsp3) is 0.588. The predicted molar refractivity (Wildman–Crippen MR) is 92.9 cm³/mol. The van der Waals surface area contributed by atoms with Gasteiger partial charge in [0.15, 0.2) is 0 Å². The summed E-state index contributed by atoms with van der Waals surface area (Å²) in [6, 6.07) is 8.42. The van der Waals surface area contributed by atoms with Gasteiger partial charge in [-0.05, 0) is 63.4 Å². The van der Waals surface area contributed by atoms with E-state index in [2.05, 4.69) is 36.3 Å². The Morgan fingerprint density at radius 2 is 1.95 bits per heavy atom. The average Bonchev–Trinajstić information content (AvgIpc) is 2.39. The van der Waals surface area contributed by atoms with Crippen LogP contribution < -0.4 is 11.1 Å². The molecule has 2 unspecified atom stereocenters. The van der Waals surface area contributed by atoms with Gasteiger partial charge >= 0.3 is 0 Å². The number of thiocarbonyl (C=S) groups is 1. The zero-order chi connectivity index (χ0) is 15.0. The summed E-state index contributed by atoms with van der Waals surface area (Å²) in [5.41, 5.74) is 9.06. The van der Waals surface area contributed by atoms with E-state index >= 15 is 0 Å². The summed E-state index contributed by atoms with van der Waals surface area (Å²) in [6.07, 6.45) is 6.61. The summed E-state index contributed by atoms with van der Waals surface area (Å²) in [5.74, 6) is 0. The number of nitrogens with zero attached hydrogens (tertiary/aromatic N) is 1. The van der Waals surface area contributed by atoms with E-state index in [-0.39, 0.29) is 0 Å². The van der Waals surface area contributed by atoms with Crippen LogP contribution in [-0.2, 0) is 0 Å². The van der Waals surface area contributed by atoms with Gasteiger partial charge in [0.05, 0.1) is 0 Å². The standard InChI is InChI=1S/C17H25N3S/c1-11-8-12(6-7-16(11)17(18)21)19-13-9-14-4-3-5-15(10-13)20(14)2/h6-8,13-15,19H,3-5,9-10H2,1-2H3,(H2,18,21). The summed E-state index contributed by atoms with van der Waals surface area (Å²) in [7, 11) is 2.30. The van der Waals surface area contributed by atoms with Crippen molar-refractivity contribution in [3.05, 3.63) is 29.3 Å². The molecule has 2 atom stereocenters. The van der Waals surface area contributed by atoms with Crippen LogP contribution in [-0.4, -0.2) is 35.1 Å². The maximum Gasteiger partial charge on any atom is 0.104 e. The van der Waals surface area contributed by atoms with Crippen LogP contribution in [0.15, 0.2) is 18.2 Å². The average molecular weight is 303 g/mol. The van der Waals surface area contributed by atoms with Crippen LogP contribution in [0.1, 0.15) is 43.2 Å². The van der Waals surface area contributed by atoms with Crippen molar-refractivity contribution in [1.82, 2.24) is 4.90 Å². The summed E-state index contributed by atoms with van der Waals surface area (Å²) in [5, 5.41) is 3.73. The molecular weight excluding hydrogens is 278 g/mol. The third kappa shape index (κ3) is 3.06. The number of benzene rings is 1. The van der Waals surface area contributed by atoms with Gasteiger partial charge in [-0.3, -0.25) is 0 Å². The minimum atomic E-state index is 0.480. The highest BCUT2D eigenvalue weighted by Gasteiger charge is 2.35. The van der Waals surface area contributed by atoms with Crippen LogP contribution in [0.3, 0.4) is 0 Å². The number of nitrogens with two attached hydrogens (primary N) is 1. The number of anilines is 1. The highest BCUT2D eigenvalue weighted by Crippen LogP contribution is 2.34. The SMILES string of the molecule is Cc1cc(NC2CC3CCCC(C2)N3C)ccc1C(N)=S. The smallest absolute Gasteiger partial charge is 0.104 e. The van der Waals surface area contributed by atoms with E-state index in [4.69, 9.17) is 18.0 Å². The molecular formula is C17H25N3S. The molecule has 3 nitrogen and oxygen atoms in total. The summed E-state index contributed by atoms with van der Waals surface area (Å²) >= 11 is 5.07. The summed E-state index contributed by atoms with van der Waals surface area (Å²) in [4.78, 5) is 3.08. The second-order valence-electron chi connectivity index (χ2n) is 6.61. The van der Waals surface area contributed by atoms with Crippen molar-refractivity contribution >= 4 is 22.9 Å². The molecule has 2 fully saturated rings.